The predicted molar refractivity (Wildman–Crippen MR) is 31.7 cm³/mol. The molecule has 0 aliphatic carbocycles. The highest BCUT2D eigenvalue weighted by Crippen LogP contribution is 2.08. The van der Waals surface area contributed by atoms with Crippen molar-refractivity contribution in [2.24, 2.45) is 0 Å². The molecule has 0 rings (SSSR count). The SMILES string of the molecule is CCCCC(O)(O)C(=O)[O-]. The molecule has 0 amide bonds. The van der Waals surface area contributed by atoms with Gasteiger partial charge in [-0.1, -0.05) is 13.3 Å². The Kier molecular flexibility index (Phi) is 3.32. The van der Waals surface area contributed by atoms with Crippen LogP contribution >= 0.6 is 0 Å². The molecule has 0 aromatic carbocycles. The van der Waals surface area contributed by atoms with Crippen LogP contribution in [0.4, 0.5) is 0 Å². The second-order valence-corrected chi connectivity index (χ2v) is 2.21. The van der Waals surface area contributed by atoms with Crippen LogP contribution in [0.2, 0.25) is 0 Å². The summed E-state index contributed by atoms with van der Waals surface area (Å²) in [6.07, 6.45) is 1.00. The zero-order chi connectivity index (χ0) is 8.20. The first kappa shape index (κ1) is 9.39. The average molecular weight is 147 g/mol. The van der Waals surface area contributed by atoms with E-state index in [4.69, 9.17) is 10.2 Å². The fourth-order valence-electron chi connectivity index (χ4n) is 0.525. The van der Waals surface area contributed by atoms with Crippen LogP contribution in [-0.4, -0.2) is 22.0 Å². The number of hydrogen-bond donors (Lipinski definition) is 2. The van der Waals surface area contributed by atoms with Gasteiger partial charge in [-0.3, -0.25) is 0 Å². The van der Waals surface area contributed by atoms with Crippen LogP contribution in [-0.2, 0) is 4.79 Å². The molecule has 0 saturated heterocycles. The number of carbonyl (C=O) groups excluding carboxylic acids is 1. The lowest BCUT2D eigenvalue weighted by atomic mass is 10.1. The minimum atomic E-state index is -2.64. The van der Waals surface area contributed by atoms with Crippen LogP contribution in [0.1, 0.15) is 26.2 Å². The third-order valence-electron chi connectivity index (χ3n) is 1.21. The van der Waals surface area contributed by atoms with Gasteiger partial charge in [0.1, 0.15) is 5.97 Å². The molecule has 0 heterocycles. The van der Waals surface area contributed by atoms with Crippen molar-refractivity contribution in [2.45, 2.75) is 32.0 Å². The highest BCUT2D eigenvalue weighted by Gasteiger charge is 2.23. The molecule has 0 fully saturated rings. The molecule has 0 radical (unpaired) electrons. The van der Waals surface area contributed by atoms with Gasteiger partial charge in [-0.25, -0.2) is 0 Å². The molecule has 2 N–H and O–H groups in total. The maximum atomic E-state index is 9.92. The smallest absolute Gasteiger partial charge is 0.204 e. The summed E-state index contributed by atoms with van der Waals surface area (Å²) in [7, 11) is 0. The van der Waals surface area contributed by atoms with E-state index in [9.17, 15) is 9.90 Å². The molecule has 0 spiro atoms. The first-order chi connectivity index (χ1) is 4.50. The summed E-state index contributed by atoms with van der Waals surface area (Å²) < 4.78 is 0. The second kappa shape index (κ2) is 3.53. The van der Waals surface area contributed by atoms with Crippen molar-refractivity contribution >= 4 is 5.97 Å². The van der Waals surface area contributed by atoms with E-state index in [1.165, 1.54) is 0 Å². The highest BCUT2D eigenvalue weighted by atomic mass is 16.5. The number of carboxylic acid groups (broad SMARTS) is 1. The van der Waals surface area contributed by atoms with Crippen molar-refractivity contribution < 1.29 is 20.1 Å². The summed E-state index contributed by atoms with van der Waals surface area (Å²) >= 11 is 0. The van der Waals surface area contributed by atoms with Crippen LogP contribution in [0.5, 0.6) is 0 Å². The topological polar surface area (TPSA) is 80.6 Å². The van der Waals surface area contributed by atoms with Gasteiger partial charge in [0.05, 0.1) is 0 Å². The van der Waals surface area contributed by atoms with Gasteiger partial charge in [-0.05, 0) is 6.42 Å². The van der Waals surface area contributed by atoms with E-state index in [1.807, 2.05) is 6.92 Å². The van der Waals surface area contributed by atoms with Gasteiger partial charge < -0.3 is 20.1 Å². The van der Waals surface area contributed by atoms with Gasteiger partial charge in [0.15, 0.2) is 0 Å². The lowest BCUT2D eigenvalue weighted by Crippen LogP contribution is -2.48. The first-order valence-corrected chi connectivity index (χ1v) is 3.17. The molecule has 4 nitrogen and oxygen atoms in total. The van der Waals surface area contributed by atoms with Crippen LogP contribution in [0.25, 0.3) is 0 Å². The van der Waals surface area contributed by atoms with Gasteiger partial charge in [0, 0.05) is 6.42 Å². The molecule has 10 heavy (non-hydrogen) atoms. The van der Waals surface area contributed by atoms with Gasteiger partial charge in [-0.15, -0.1) is 0 Å². The quantitative estimate of drug-likeness (QED) is 0.479. The van der Waals surface area contributed by atoms with E-state index in [0.717, 1.165) is 6.42 Å². The van der Waals surface area contributed by atoms with Gasteiger partial charge in [-0.2, -0.15) is 0 Å². The summed E-state index contributed by atoms with van der Waals surface area (Å²) in [6, 6.07) is 0. The van der Waals surface area contributed by atoms with Gasteiger partial charge >= 0.3 is 0 Å². The summed E-state index contributed by atoms with van der Waals surface area (Å²) in [6.45, 7) is 1.82. The van der Waals surface area contributed by atoms with Gasteiger partial charge in [0.2, 0.25) is 5.79 Å². The lowest BCUT2D eigenvalue weighted by molar-refractivity contribution is -0.347. The molecule has 0 saturated carbocycles. The van der Waals surface area contributed by atoms with Crippen molar-refractivity contribution in [2.75, 3.05) is 0 Å². The molecule has 0 aliphatic heterocycles. The predicted octanol–water partition coefficient (Wildman–Crippen LogP) is -1.39. The second-order valence-electron chi connectivity index (χ2n) is 2.21. The van der Waals surface area contributed by atoms with Crippen LogP contribution < -0.4 is 5.11 Å². The number of unbranched alkanes of at least 4 members (excludes halogenated alkanes) is 1. The van der Waals surface area contributed by atoms with Crippen molar-refractivity contribution in [3.8, 4) is 0 Å². The number of aliphatic carboxylic acids is 1. The van der Waals surface area contributed by atoms with Crippen molar-refractivity contribution in [1.82, 2.24) is 0 Å². The first-order valence-electron chi connectivity index (χ1n) is 3.17. The third-order valence-corrected chi connectivity index (χ3v) is 1.21. The number of carboxylic acids is 1. The zero-order valence-electron chi connectivity index (χ0n) is 5.83. The van der Waals surface area contributed by atoms with E-state index in [2.05, 4.69) is 0 Å². The fraction of sp³-hybridized carbons (Fsp3) is 0.833. The molecule has 0 aromatic heterocycles. The summed E-state index contributed by atoms with van der Waals surface area (Å²) in [5.41, 5.74) is 0. The molecule has 0 bridgehead atoms. The van der Waals surface area contributed by atoms with E-state index in [0.29, 0.717) is 6.42 Å². The minimum Gasteiger partial charge on any atom is -0.544 e. The Morgan fingerprint density at radius 3 is 2.40 bits per heavy atom. The van der Waals surface area contributed by atoms with Crippen molar-refractivity contribution in [3.05, 3.63) is 0 Å². The Bertz CT molecular complexity index is 119. The number of aliphatic hydroxyl groups is 2. The van der Waals surface area contributed by atoms with Crippen molar-refractivity contribution in [1.29, 1.82) is 0 Å². The van der Waals surface area contributed by atoms with E-state index >= 15 is 0 Å². The molecular formula is C6H11O4-. The Morgan fingerprint density at radius 2 is 2.10 bits per heavy atom. The Hall–Kier alpha value is -0.610. The Balaban J connectivity index is 3.75. The number of hydrogen-bond acceptors (Lipinski definition) is 4. The zero-order valence-corrected chi connectivity index (χ0v) is 5.83. The standard InChI is InChI=1S/C6H12O4/c1-2-3-4-6(9,10)5(7)8/h9-10H,2-4H2,1H3,(H,7,8)/p-1. The number of carbonyl (C=O) groups is 1. The van der Waals surface area contributed by atoms with Crippen LogP contribution in [0.3, 0.4) is 0 Å². The number of rotatable bonds is 4. The Labute approximate surface area is 59.1 Å². The normalized spacial score (nSPS) is 11.5. The van der Waals surface area contributed by atoms with E-state index < -0.39 is 11.8 Å². The molecular weight excluding hydrogens is 136 g/mol. The third kappa shape index (κ3) is 2.80. The fourth-order valence-corrected chi connectivity index (χ4v) is 0.525. The van der Waals surface area contributed by atoms with Crippen LogP contribution in [0.15, 0.2) is 0 Å². The summed E-state index contributed by atoms with van der Waals surface area (Å²) in [5.74, 6) is -4.48. The van der Waals surface area contributed by atoms with Crippen LogP contribution in [0, 0.1) is 0 Å². The molecule has 60 valence electrons. The summed E-state index contributed by atoms with van der Waals surface area (Å²) in [4.78, 5) is 9.92. The maximum Gasteiger partial charge on any atom is 0.204 e. The maximum absolute atomic E-state index is 9.92. The highest BCUT2D eigenvalue weighted by molar-refractivity contribution is 5.72. The monoisotopic (exact) mass is 147 g/mol. The van der Waals surface area contributed by atoms with Crippen molar-refractivity contribution in [3.63, 3.8) is 0 Å². The largest absolute Gasteiger partial charge is 0.544 e. The molecule has 0 aliphatic rings. The molecule has 0 atom stereocenters. The minimum absolute atomic E-state index is 0.175. The van der Waals surface area contributed by atoms with E-state index in [-0.39, 0.29) is 6.42 Å². The Morgan fingerprint density at radius 1 is 1.60 bits per heavy atom. The lowest BCUT2D eigenvalue weighted by Gasteiger charge is -2.21. The molecule has 0 aromatic rings. The average Bonchev–Trinajstić information content (AvgIpc) is 1.84. The van der Waals surface area contributed by atoms with Gasteiger partial charge in [0.25, 0.3) is 0 Å². The van der Waals surface area contributed by atoms with E-state index in [1.54, 1.807) is 0 Å². The molecule has 4 heteroatoms. The molecule has 0 unspecified atom stereocenters. The summed E-state index contributed by atoms with van der Waals surface area (Å²) in [5, 5.41) is 27.1.